The largest absolute Gasteiger partial charge is 0.389 e. The van der Waals surface area contributed by atoms with Crippen LogP contribution in [-0.2, 0) is 4.79 Å². The van der Waals surface area contributed by atoms with Crippen molar-refractivity contribution in [3.8, 4) is 0 Å². The van der Waals surface area contributed by atoms with Crippen LogP contribution >= 0.6 is 24.0 Å². The van der Waals surface area contributed by atoms with Crippen LogP contribution in [0.25, 0.3) is 0 Å². The van der Waals surface area contributed by atoms with E-state index in [1.54, 1.807) is 16.7 Å². The maximum absolute atomic E-state index is 12.0. The normalized spacial score (nSPS) is 16.2. The zero-order chi connectivity index (χ0) is 14.7. The molecule has 1 saturated heterocycles. The third kappa shape index (κ3) is 3.07. The van der Waals surface area contributed by atoms with Gasteiger partial charge in [-0.05, 0) is 24.8 Å². The molecule has 20 heavy (non-hydrogen) atoms. The second-order valence-electron chi connectivity index (χ2n) is 4.81. The highest BCUT2D eigenvalue weighted by atomic mass is 32.2. The van der Waals surface area contributed by atoms with Gasteiger partial charge in [-0.25, -0.2) is 0 Å². The van der Waals surface area contributed by atoms with E-state index in [9.17, 15) is 4.79 Å². The summed E-state index contributed by atoms with van der Waals surface area (Å²) in [4.78, 5) is 17.3. The molecule has 0 aromatic heterocycles. The van der Waals surface area contributed by atoms with Gasteiger partial charge in [-0.2, -0.15) is 0 Å². The van der Waals surface area contributed by atoms with Gasteiger partial charge in [0.2, 0.25) is 5.91 Å². The lowest BCUT2D eigenvalue weighted by Crippen LogP contribution is -2.35. The number of nitrogens with two attached hydrogens (primary N) is 1. The number of amides is 1. The Morgan fingerprint density at radius 3 is 2.80 bits per heavy atom. The summed E-state index contributed by atoms with van der Waals surface area (Å²) in [5, 5.41) is 0. The molecule has 1 aromatic rings. The molecule has 0 radical (unpaired) electrons. The van der Waals surface area contributed by atoms with Crippen molar-refractivity contribution in [2.24, 2.45) is 5.73 Å². The van der Waals surface area contributed by atoms with Crippen LogP contribution in [0.3, 0.4) is 0 Å². The van der Waals surface area contributed by atoms with Gasteiger partial charge < -0.3 is 15.5 Å². The van der Waals surface area contributed by atoms with Gasteiger partial charge in [0, 0.05) is 36.3 Å². The van der Waals surface area contributed by atoms with Crippen LogP contribution in [0, 0.1) is 0 Å². The standard InChI is InChI=1S/C14H19N3OS2/c1-16-7-4-8-17(9-12(16)18)10-5-3-6-11(20-2)13(10)14(15)19/h3,5-6H,4,7-9H2,1-2H3,(H2,15,19). The Bertz CT molecular complexity index is 533. The highest BCUT2D eigenvalue weighted by Crippen LogP contribution is 2.30. The maximum Gasteiger partial charge on any atom is 0.241 e. The fraction of sp³-hybridized carbons (Fsp3) is 0.429. The van der Waals surface area contributed by atoms with Gasteiger partial charge >= 0.3 is 0 Å². The van der Waals surface area contributed by atoms with E-state index in [-0.39, 0.29) is 5.91 Å². The number of likely N-dealkylation sites (N-methyl/N-ethyl adjacent to an activating group) is 1. The summed E-state index contributed by atoms with van der Waals surface area (Å²) >= 11 is 6.82. The lowest BCUT2D eigenvalue weighted by molar-refractivity contribution is -0.127. The number of hydrogen-bond donors (Lipinski definition) is 1. The molecule has 1 fully saturated rings. The number of carbonyl (C=O) groups is 1. The molecule has 0 saturated carbocycles. The van der Waals surface area contributed by atoms with Crippen LogP contribution < -0.4 is 10.6 Å². The number of thioether (sulfide) groups is 1. The summed E-state index contributed by atoms with van der Waals surface area (Å²) in [5.74, 6) is 0.131. The van der Waals surface area contributed by atoms with Crippen LogP contribution in [-0.4, -0.2) is 48.7 Å². The Morgan fingerprint density at radius 2 is 2.15 bits per heavy atom. The number of thiocarbonyl (C=S) groups is 1. The predicted molar refractivity (Wildman–Crippen MR) is 88.6 cm³/mol. The molecular weight excluding hydrogens is 290 g/mol. The number of carbonyl (C=O) groups excluding carboxylic acids is 1. The first-order valence-electron chi connectivity index (χ1n) is 6.50. The molecule has 1 heterocycles. The topological polar surface area (TPSA) is 49.6 Å². The third-order valence-corrected chi connectivity index (χ3v) is 4.47. The molecule has 1 aliphatic heterocycles. The molecular formula is C14H19N3OS2. The Balaban J connectivity index is 2.41. The molecule has 6 heteroatoms. The van der Waals surface area contributed by atoms with Crippen LogP contribution in [0.2, 0.25) is 0 Å². The van der Waals surface area contributed by atoms with Gasteiger partial charge in [0.05, 0.1) is 6.54 Å². The quantitative estimate of drug-likeness (QED) is 0.680. The fourth-order valence-corrected chi connectivity index (χ4v) is 3.31. The summed E-state index contributed by atoms with van der Waals surface area (Å²) in [7, 11) is 1.85. The van der Waals surface area contributed by atoms with Crippen LogP contribution in [0.5, 0.6) is 0 Å². The molecule has 0 aliphatic carbocycles. The first-order valence-corrected chi connectivity index (χ1v) is 8.13. The molecule has 2 rings (SSSR count). The Hall–Kier alpha value is -1.27. The first kappa shape index (κ1) is 15.1. The van der Waals surface area contributed by atoms with Crippen molar-refractivity contribution in [2.45, 2.75) is 11.3 Å². The average Bonchev–Trinajstić information content (AvgIpc) is 2.60. The highest BCUT2D eigenvalue weighted by Gasteiger charge is 2.22. The highest BCUT2D eigenvalue weighted by molar-refractivity contribution is 7.98. The van der Waals surface area contributed by atoms with E-state index in [0.29, 0.717) is 11.5 Å². The van der Waals surface area contributed by atoms with E-state index >= 15 is 0 Å². The van der Waals surface area contributed by atoms with Crippen molar-refractivity contribution in [1.82, 2.24) is 4.90 Å². The van der Waals surface area contributed by atoms with Gasteiger partial charge in [-0.3, -0.25) is 4.79 Å². The van der Waals surface area contributed by atoms with Gasteiger partial charge in [0.25, 0.3) is 0 Å². The molecule has 2 N–H and O–H groups in total. The third-order valence-electron chi connectivity index (χ3n) is 3.48. The van der Waals surface area contributed by atoms with Crippen LogP contribution in [0.4, 0.5) is 5.69 Å². The van der Waals surface area contributed by atoms with Crippen LogP contribution in [0.1, 0.15) is 12.0 Å². The van der Waals surface area contributed by atoms with E-state index < -0.39 is 0 Å². The van der Waals surface area contributed by atoms with Crippen molar-refractivity contribution < 1.29 is 4.79 Å². The average molecular weight is 309 g/mol. The monoisotopic (exact) mass is 309 g/mol. The smallest absolute Gasteiger partial charge is 0.241 e. The minimum Gasteiger partial charge on any atom is -0.389 e. The summed E-state index contributed by atoms with van der Waals surface area (Å²) in [6.07, 6.45) is 2.95. The Kier molecular flexibility index (Phi) is 4.88. The van der Waals surface area contributed by atoms with E-state index in [1.807, 2.05) is 31.5 Å². The minimum atomic E-state index is 0.131. The SMILES string of the molecule is CSc1cccc(N2CCCN(C)C(=O)C2)c1C(N)=S. The van der Waals surface area contributed by atoms with Crippen LogP contribution in [0.15, 0.2) is 23.1 Å². The Labute approximate surface area is 129 Å². The lowest BCUT2D eigenvalue weighted by Gasteiger charge is -2.25. The molecule has 1 aromatic carbocycles. The molecule has 0 bridgehead atoms. The number of anilines is 1. The summed E-state index contributed by atoms with van der Waals surface area (Å²) < 4.78 is 0. The summed E-state index contributed by atoms with van der Waals surface area (Å²) in [6.45, 7) is 2.01. The molecule has 0 spiro atoms. The number of benzene rings is 1. The molecule has 0 unspecified atom stereocenters. The predicted octanol–water partition coefficient (Wildman–Crippen LogP) is 1.71. The van der Waals surface area contributed by atoms with Gasteiger partial charge in [-0.1, -0.05) is 18.3 Å². The molecule has 4 nitrogen and oxygen atoms in total. The zero-order valence-corrected chi connectivity index (χ0v) is 13.4. The van der Waals surface area contributed by atoms with Crippen molar-refractivity contribution >= 4 is 40.6 Å². The van der Waals surface area contributed by atoms with Crippen molar-refractivity contribution in [2.75, 3.05) is 37.8 Å². The van der Waals surface area contributed by atoms with Crippen molar-refractivity contribution in [3.05, 3.63) is 23.8 Å². The zero-order valence-electron chi connectivity index (χ0n) is 11.8. The number of hydrogen-bond acceptors (Lipinski definition) is 4. The summed E-state index contributed by atoms with van der Waals surface area (Å²) in [5.41, 5.74) is 7.74. The van der Waals surface area contributed by atoms with Crippen molar-refractivity contribution in [1.29, 1.82) is 0 Å². The first-order chi connectivity index (χ1) is 9.54. The molecule has 0 atom stereocenters. The van der Waals surface area contributed by atoms with Gasteiger partial charge in [0.1, 0.15) is 4.99 Å². The summed E-state index contributed by atoms with van der Waals surface area (Å²) in [6, 6.07) is 5.99. The molecule has 108 valence electrons. The van der Waals surface area contributed by atoms with E-state index in [4.69, 9.17) is 18.0 Å². The maximum atomic E-state index is 12.0. The van der Waals surface area contributed by atoms with E-state index in [2.05, 4.69) is 4.90 Å². The van der Waals surface area contributed by atoms with Gasteiger partial charge in [-0.15, -0.1) is 11.8 Å². The fourth-order valence-electron chi connectivity index (χ4n) is 2.39. The number of nitrogens with zero attached hydrogens (tertiary/aromatic N) is 2. The number of rotatable bonds is 3. The van der Waals surface area contributed by atoms with E-state index in [1.165, 1.54) is 0 Å². The Morgan fingerprint density at radius 1 is 1.40 bits per heavy atom. The molecule has 1 aliphatic rings. The van der Waals surface area contributed by atoms with Gasteiger partial charge in [0.15, 0.2) is 0 Å². The molecule has 1 amide bonds. The van der Waals surface area contributed by atoms with Crippen molar-refractivity contribution in [3.63, 3.8) is 0 Å². The lowest BCUT2D eigenvalue weighted by atomic mass is 10.1. The second-order valence-corrected chi connectivity index (χ2v) is 6.10. The van der Waals surface area contributed by atoms with E-state index in [0.717, 1.165) is 35.7 Å². The minimum absolute atomic E-state index is 0.131. The second kappa shape index (κ2) is 6.45.